The van der Waals surface area contributed by atoms with Crippen molar-refractivity contribution in [1.82, 2.24) is 4.72 Å². The first kappa shape index (κ1) is 15.8. The summed E-state index contributed by atoms with van der Waals surface area (Å²) in [5.41, 5.74) is 0.512. The summed E-state index contributed by atoms with van der Waals surface area (Å²) in [6, 6.07) is 4.44. The van der Waals surface area contributed by atoms with Crippen LogP contribution >= 0.6 is 23.4 Å². The third-order valence-electron chi connectivity index (χ3n) is 2.43. The van der Waals surface area contributed by atoms with Gasteiger partial charge in [0.1, 0.15) is 4.90 Å². The number of sulfonamides is 1. The predicted molar refractivity (Wildman–Crippen MR) is 75.5 cm³/mol. The van der Waals surface area contributed by atoms with Gasteiger partial charge in [0.25, 0.3) is 0 Å². The second-order valence-electron chi connectivity index (χ2n) is 3.82. The molecule has 18 heavy (non-hydrogen) atoms. The van der Waals surface area contributed by atoms with Gasteiger partial charge in [-0.05, 0) is 24.0 Å². The molecule has 2 N–H and O–H groups in total. The van der Waals surface area contributed by atoms with Crippen LogP contribution in [-0.2, 0) is 16.6 Å². The fourth-order valence-electron chi connectivity index (χ4n) is 1.24. The predicted octanol–water partition coefficient (Wildman–Crippen LogP) is 1.86. The molecule has 0 spiro atoms. The Bertz CT molecular complexity index is 505. The fraction of sp³-hybridized carbons (Fsp3) is 0.455. The molecule has 0 saturated carbocycles. The molecule has 1 aromatic carbocycles. The number of aliphatic hydroxyl groups excluding tert-OH is 1. The lowest BCUT2D eigenvalue weighted by Crippen LogP contribution is -2.29. The maximum absolute atomic E-state index is 12.1. The minimum Gasteiger partial charge on any atom is -0.392 e. The summed E-state index contributed by atoms with van der Waals surface area (Å²) in [5.74, 6) is 0. The smallest absolute Gasteiger partial charge is 0.242 e. The molecule has 7 heteroatoms. The zero-order valence-electron chi connectivity index (χ0n) is 10.2. The lowest BCUT2D eigenvalue weighted by Gasteiger charge is -2.12. The summed E-state index contributed by atoms with van der Waals surface area (Å²) in [6.07, 6.45) is 1.92. The van der Waals surface area contributed by atoms with Gasteiger partial charge in [-0.25, -0.2) is 13.1 Å². The molecule has 1 aromatic rings. The largest absolute Gasteiger partial charge is 0.392 e. The van der Waals surface area contributed by atoms with Crippen LogP contribution in [0.25, 0.3) is 0 Å². The van der Waals surface area contributed by atoms with Crippen LogP contribution < -0.4 is 4.72 Å². The Morgan fingerprint density at radius 2 is 2.17 bits per heavy atom. The highest BCUT2D eigenvalue weighted by Gasteiger charge is 2.18. The Balaban J connectivity index is 2.97. The number of benzene rings is 1. The van der Waals surface area contributed by atoms with Gasteiger partial charge in [-0.1, -0.05) is 24.6 Å². The third kappa shape index (κ3) is 4.13. The molecule has 4 nitrogen and oxygen atoms in total. The van der Waals surface area contributed by atoms with Gasteiger partial charge in [-0.2, -0.15) is 11.8 Å². The summed E-state index contributed by atoms with van der Waals surface area (Å²) in [5, 5.41) is 9.34. The molecule has 0 fully saturated rings. The Kier molecular flexibility index (Phi) is 5.94. The molecule has 102 valence electrons. The van der Waals surface area contributed by atoms with E-state index >= 15 is 0 Å². The van der Waals surface area contributed by atoms with E-state index in [9.17, 15) is 8.42 Å². The van der Waals surface area contributed by atoms with Crippen LogP contribution in [-0.4, -0.2) is 31.6 Å². The van der Waals surface area contributed by atoms with E-state index in [1.54, 1.807) is 17.8 Å². The number of nitrogens with one attached hydrogen (secondary N) is 1. The highest BCUT2D eigenvalue weighted by molar-refractivity contribution is 7.99. The van der Waals surface area contributed by atoms with Gasteiger partial charge >= 0.3 is 0 Å². The molecular formula is C11H16ClNO3S2. The van der Waals surface area contributed by atoms with Crippen LogP contribution in [0.4, 0.5) is 0 Å². The van der Waals surface area contributed by atoms with Crippen LogP contribution in [0.2, 0.25) is 5.02 Å². The van der Waals surface area contributed by atoms with E-state index in [1.165, 1.54) is 12.1 Å². The van der Waals surface area contributed by atoms with Gasteiger partial charge in [0.15, 0.2) is 0 Å². The Morgan fingerprint density at radius 1 is 1.50 bits per heavy atom. The van der Waals surface area contributed by atoms with Gasteiger partial charge < -0.3 is 5.11 Å². The van der Waals surface area contributed by atoms with E-state index in [1.807, 2.05) is 13.2 Å². The van der Waals surface area contributed by atoms with Crippen LogP contribution in [0.15, 0.2) is 23.1 Å². The monoisotopic (exact) mass is 309 g/mol. The number of halogens is 1. The van der Waals surface area contributed by atoms with Crippen LogP contribution in [0.3, 0.4) is 0 Å². The topological polar surface area (TPSA) is 66.4 Å². The number of hydrogen-bond acceptors (Lipinski definition) is 4. The standard InChI is InChI=1S/C11H16ClNO3S2/c1-8(17-2)6-13-18(15,16)11-5-9(7-14)3-4-10(11)12/h3-5,8,13-14H,6-7H2,1-2H3. The maximum atomic E-state index is 12.1. The van der Waals surface area contributed by atoms with Crippen LogP contribution in [0, 0.1) is 0 Å². The van der Waals surface area contributed by atoms with Gasteiger partial charge in [0, 0.05) is 11.8 Å². The van der Waals surface area contributed by atoms with Crippen molar-refractivity contribution < 1.29 is 13.5 Å². The molecule has 0 heterocycles. The van der Waals surface area contributed by atoms with Gasteiger partial charge in [-0.15, -0.1) is 0 Å². The van der Waals surface area contributed by atoms with E-state index in [0.717, 1.165) is 0 Å². The Labute approximate surface area is 117 Å². The van der Waals surface area contributed by atoms with Crippen molar-refractivity contribution in [3.63, 3.8) is 0 Å². The van der Waals surface area contributed by atoms with Gasteiger partial charge in [0.05, 0.1) is 11.6 Å². The average molecular weight is 310 g/mol. The first-order valence-electron chi connectivity index (χ1n) is 5.32. The molecule has 0 aliphatic carbocycles. The zero-order chi connectivity index (χ0) is 13.8. The Hall–Kier alpha value is -0.270. The van der Waals surface area contributed by atoms with Crippen LogP contribution in [0.1, 0.15) is 12.5 Å². The van der Waals surface area contributed by atoms with Crippen molar-refractivity contribution >= 4 is 33.4 Å². The third-order valence-corrected chi connectivity index (χ3v) is 5.31. The normalized spacial score (nSPS) is 13.6. The minimum atomic E-state index is -3.64. The van der Waals surface area contributed by atoms with Crippen molar-refractivity contribution in [1.29, 1.82) is 0 Å². The maximum Gasteiger partial charge on any atom is 0.242 e. The van der Waals surface area contributed by atoms with Crippen molar-refractivity contribution in [3.05, 3.63) is 28.8 Å². The minimum absolute atomic E-state index is 0.00372. The molecule has 0 aromatic heterocycles. The highest BCUT2D eigenvalue weighted by Crippen LogP contribution is 2.22. The lowest BCUT2D eigenvalue weighted by molar-refractivity contribution is 0.281. The zero-order valence-corrected chi connectivity index (χ0v) is 12.6. The molecule has 1 atom stereocenters. The van der Waals surface area contributed by atoms with E-state index in [4.69, 9.17) is 16.7 Å². The van der Waals surface area contributed by atoms with E-state index in [-0.39, 0.29) is 21.8 Å². The van der Waals surface area contributed by atoms with Gasteiger partial charge in [0.2, 0.25) is 10.0 Å². The van der Waals surface area contributed by atoms with E-state index in [2.05, 4.69) is 4.72 Å². The van der Waals surface area contributed by atoms with E-state index in [0.29, 0.717) is 12.1 Å². The second-order valence-corrected chi connectivity index (χ2v) is 7.24. The lowest BCUT2D eigenvalue weighted by atomic mass is 10.2. The molecule has 0 amide bonds. The van der Waals surface area contributed by atoms with Crippen molar-refractivity contribution in [3.8, 4) is 0 Å². The molecule has 0 aliphatic heterocycles. The van der Waals surface area contributed by atoms with Crippen LogP contribution in [0.5, 0.6) is 0 Å². The number of aliphatic hydroxyl groups is 1. The summed E-state index contributed by atoms with van der Waals surface area (Å²) in [7, 11) is -3.64. The molecule has 0 saturated heterocycles. The first-order chi connectivity index (χ1) is 8.40. The van der Waals surface area contributed by atoms with Crippen molar-refractivity contribution in [2.45, 2.75) is 23.7 Å². The Morgan fingerprint density at radius 3 is 2.72 bits per heavy atom. The van der Waals surface area contributed by atoms with E-state index < -0.39 is 10.0 Å². The molecular weight excluding hydrogens is 294 g/mol. The molecule has 0 aliphatic rings. The van der Waals surface area contributed by atoms with Crippen molar-refractivity contribution in [2.75, 3.05) is 12.8 Å². The SMILES string of the molecule is CSC(C)CNS(=O)(=O)c1cc(CO)ccc1Cl. The molecule has 0 radical (unpaired) electrons. The summed E-state index contributed by atoms with van der Waals surface area (Å²) < 4.78 is 26.6. The average Bonchev–Trinajstić information content (AvgIpc) is 2.36. The molecule has 1 rings (SSSR count). The second kappa shape index (κ2) is 6.77. The van der Waals surface area contributed by atoms with Crippen molar-refractivity contribution in [2.24, 2.45) is 0 Å². The number of thioether (sulfide) groups is 1. The summed E-state index contributed by atoms with van der Waals surface area (Å²) in [6.45, 7) is 2.04. The summed E-state index contributed by atoms with van der Waals surface area (Å²) in [4.78, 5) is 0.00372. The number of hydrogen-bond donors (Lipinski definition) is 2. The highest BCUT2D eigenvalue weighted by atomic mass is 35.5. The van der Waals surface area contributed by atoms with Gasteiger partial charge in [-0.3, -0.25) is 0 Å². The molecule has 1 unspecified atom stereocenters. The molecule has 0 bridgehead atoms. The quantitative estimate of drug-likeness (QED) is 0.842. The summed E-state index contributed by atoms with van der Waals surface area (Å²) >= 11 is 7.45. The number of rotatable bonds is 6. The first-order valence-corrected chi connectivity index (χ1v) is 8.47. The fourth-order valence-corrected chi connectivity index (χ4v) is 3.27.